The fraction of sp³-hybridized carbons (Fsp3) is 0.0526. The van der Waals surface area contributed by atoms with Crippen molar-refractivity contribution in [1.82, 2.24) is 9.97 Å². The monoisotopic (exact) mass is 304 g/mol. The Morgan fingerprint density at radius 3 is 2.04 bits per heavy atom. The lowest BCUT2D eigenvalue weighted by atomic mass is 10.2. The second kappa shape index (κ2) is 6.75. The molecule has 0 bridgehead atoms. The minimum absolute atomic E-state index is 0.253. The molecule has 0 fully saturated rings. The standard InChI is InChI=1S/C19H16N2O2/c1-23-19-17(13-15-10-6-3-7-11-15)20-18(22)16(21-19)12-14-8-4-2-5-9-14/h2-13H,1H3,(H,20,22). The van der Waals surface area contributed by atoms with Crippen molar-refractivity contribution in [2.75, 3.05) is 7.11 Å². The van der Waals surface area contributed by atoms with E-state index in [2.05, 4.69) is 9.97 Å². The highest BCUT2D eigenvalue weighted by Crippen LogP contribution is 2.00. The Kier molecular flexibility index (Phi) is 4.34. The van der Waals surface area contributed by atoms with Gasteiger partial charge in [0.05, 0.1) is 7.11 Å². The summed E-state index contributed by atoms with van der Waals surface area (Å²) in [7, 11) is 1.54. The SMILES string of the molecule is COc1nc(=Cc2ccccc2)c(=O)[nH]c1=Cc1ccccc1. The van der Waals surface area contributed by atoms with Gasteiger partial charge in [0.2, 0.25) is 5.88 Å². The van der Waals surface area contributed by atoms with Crippen LogP contribution in [0.5, 0.6) is 5.88 Å². The van der Waals surface area contributed by atoms with Crippen molar-refractivity contribution in [2.45, 2.75) is 0 Å². The van der Waals surface area contributed by atoms with Crippen LogP contribution in [0.2, 0.25) is 0 Å². The molecule has 4 heteroatoms. The van der Waals surface area contributed by atoms with Crippen LogP contribution in [-0.2, 0) is 0 Å². The maximum Gasteiger partial charge on any atom is 0.274 e. The molecular weight excluding hydrogens is 288 g/mol. The van der Waals surface area contributed by atoms with E-state index in [-0.39, 0.29) is 5.56 Å². The van der Waals surface area contributed by atoms with E-state index in [0.717, 1.165) is 11.1 Å². The molecule has 0 aliphatic heterocycles. The molecule has 0 radical (unpaired) electrons. The van der Waals surface area contributed by atoms with Gasteiger partial charge in [-0.25, -0.2) is 4.98 Å². The van der Waals surface area contributed by atoms with Crippen molar-refractivity contribution in [1.29, 1.82) is 0 Å². The minimum Gasteiger partial charge on any atom is -0.479 e. The lowest BCUT2D eigenvalue weighted by Gasteiger charge is -2.00. The van der Waals surface area contributed by atoms with Crippen molar-refractivity contribution < 1.29 is 4.74 Å². The second-order valence-electron chi connectivity index (χ2n) is 4.98. The van der Waals surface area contributed by atoms with Crippen LogP contribution >= 0.6 is 0 Å². The first kappa shape index (κ1) is 14.8. The van der Waals surface area contributed by atoms with Crippen molar-refractivity contribution in [3.63, 3.8) is 0 Å². The van der Waals surface area contributed by atoms with Gasteiger partial charge in [0.25, 0.3) is 5.56 Å². The highest BCUT2D eigenvalue weighted by atomic mass is 16.5. The van der Waals surface area contributed by atoms with Crippen LogP contribution in [0.15, 0.2) is 65.5 Å². The highest BCUT2D eigenvalue weighted by Gasteiger charge is 2.01. The molecule has 1 heterocycles. The maximum absolute atomic E-state index is 12.3. The van der Waals surface area contributed by atoms with Gasteiger partial charge in [-0.05, 0) is 23.3 Å². The molecule has 0 amide bonds. The van der Waals surface area contributed by atoms with E-state index in [1.54, 1.807) is 6.08 Å². The van der Waals surface area contributed by atoms with Gasteiger partial charge in [-0.15, -0.1) is 0 Å². The third kappa shape index (κ3) is 3.55. The van der Waals surface area contributed by atoms with Gasteiger partial charge in [0.1, 0.15) is 10.7 Å². The molecule has 0 saturated heterocycles. The summed E-state index contributed by atoms with van der Waals surface area (Å²) in [4.78, 5) is 19.4. The molecule has 2 aromatic carbocycles. The molecule has 0 spiro atoms. The van der Waals surface area contributed by atoms with Gasteiger partial charge in [0.15, 0.2) is 0 Å². The number of rotatable bonds is 3. The van der Waals surface area contributed by atoms with Crippen LogP contribution in [0, 0.1) is 0 Å². The fourth-order valence-corrected chi connectivity index (χ4v) is 2.23. The van der Waals surface area contributed by atoms with Crippen LogP contribution in [0.4, 0.5) is 0 Å². The Morgan fingerprint density at radius 2 is 1.48 bits per heavy atom. The zero-order chi connectivity index (χ0) is 16.1. The predicted octanol–water partition coefficient (Wildman–Crippen LogP) is 1.44. The summed E-state index contributed by atoms with van der Waals surface area (Å²) in [6.45, 7) is 0. The molecule has 23 heavy (non-hydrogen) atoms. The summed E-state index contributed by atoms with van der Waals surface area (Å²) >= 11 is 0. The zero-order valence-corrected chi connectivity index (χ0v) is 12.7. The maximum atomic E-state index is 12.3. The van der Waals surface area contributed by atoms with Gasteiger partial charge >= 0.3 is 0 Å². The molecule has 3 rings (SSSR count). The molecule has 3 aromatic rings. The first-order chi connectivity index (χ1) is 11.3. The van der Waals surface area contributed by atoms with Crippen LogP contribution in [0.3, 0.4) is 0 Å². The predicted molar refractivity (Wildman–Crippen MR) is 90.7 cm³/mol. The topological polar surface area (TPSA) is 55.0 Å². The third-order valence-electron chi connectivity index (χ3n) is 3.34. The van der Waals surface area contributed by atoms with E-state index in [9.17, 15) is 4.79 Å². The molecule has 114 valence electrons. The lowest BCUT2D eigenvalue weighted by molar-refractivity contribution is 0.389. The number of H-pyrrole nitrogens is 1. The van der Waals surface area contributed by atoms with Crippen LogP contribution in [0.25, 0.3) is 12.2 Å². The van der Waals surface area contributed by atoms with Gasteiger partial charge in [-0.3, -0.25) is 4.79 Å². The zero-order valence-electron chi connectivity index (χ0n) is 12.7. The fourth-order valence-electron chi connectivity index (χ4n) is 2.23. The van der Waals surface area contributed by atoms with Crippen molar-refractivity contribution >= 4 is 12.2 Å². The molecule has 0 aliphatic rings. The Labute approximate surface area is 133 Å². The van der Waals surface area contributed by atoms with Crippen molar-refractivity contribution in [3.05, 3.63) is 92.8 Å². The van der Waals surface area contributed by atoms with E-state index >= 15 is 0 Å². The average Bonchev–Trinajstić information content (AvgIpc) is 2.59. The summed E-state index contributed by atoms with van der Waals surface area (Å²) < 4.78 is 5.32. The molecule has 1 aromatic heterocycles. The number of benzene rings is 2. The van der Waals surface area contributed by atoms with Gasteiger partial charge in [0, 0.05) is 0 Å². The van der Waals surface area contributed by atoms with E-state index in [1.165, 1.54) is 7.11 Å². The number of nitrogens with one attached hydrogen (secondary N) is 1. The molecule has 0 aliphatic carbocycles. The Balaban J connectivity index is 2.16. The quantitative estimate of drug-likeness (QED) is 0.796. The number of hydrogen-bond donors (Lipinski definition) is 1. The van der Waals surface area contributed by atoms with Crippen LogP contribution in [0.1, 0.15) is 11.1 Å². The molecule has 0 unspecified atom stereocenters. The molecule has 0 saturated carbocycles. The number of hydrogen-bond acceptors (Lipinski definition) is 3. The molecule has 4 nitrogen and oxygen atoms in total. The molecular formula is C19H16N2O2. The largest absolute Gasteiger partial charge is 0.479 e. The Morgan fingerprint density at radius 1 is 0.913 bits per heavy atom. The summed E-state index contributed by atoms with van der Waals surface area (Å²) in [5, 5.41) is 0.868. The van der Waals surface area contributed by atoms with Crippen LogP contribution < -0.4 is 21.0 Å². The second-order valence-corrected chi connectivity index (χ2v) is 4.98. The Hall–Kier alpha value is -3.14. The summed E-state index contributed by atoms with van der Waals surface area (Å²) in [6.07, 6.45) is 3.56. The smallest absolute Gasteiger partial charge is 0.274 e. The third-order valence-corrected chi connectivity index (χ3v) is 3.34. The first-order valence-corrected chi connectivity index (χ1v) is 7.24. The van der Waals surface area contributed by atoms with E-state index in [1.807, 2.05) is 66.7 Å². The normalized spacial score (nSPS) is 12.4. The number of ether oxygens (including phenoxy) is 1. The number of aromatic amines is 1. The summed E-state index contributed by atoms with van der Waals surface area (Å²) in [5.41, 5.74) is 1.62. The van der Waals surface area contributed by atoms with Gasteiger partial charge in [-0.1, -0.05) is 60.7 Å². The van der Waals surface area contributed by atoms with Gasteiger partial charge < -0.3 is 9.72 Å². The molecule has 0 atom stereocenters. The van der Waals surface area contributed by atoms with Gasteiger partial charge in [-0.2, -0.15) is 0 Å². The average molecular weight is 304 g/mol. The van der Waals surface area contributed by atoms with E-state index < -0.39 is 0 Å². The van der Waals surface area contributed by atoms with E-state index in [4.69, 9.17) is 4.74 Å². The number of methoxy groups -OCH3 is 1. The van der Waals surface area contributed by atoms with Crippen molar-refractivity contribution in [2.24, 2.45) is 0 Å². The molecule has 1 N–H and O–H groups in total. The summed E-state index contributed by atoms with van der Waals surface area (Å²) in [5.74, 6) is 0.385. The Bertz CT molecular complexity index is 962. The number of nitrogens with zero attached hydrogens (tertiary/aromatic N) is 1. The van der Waals surface area contributed by atoms with E-state index in [0.29, 0.717) is 16.6 Å². The first-order valence-electron chi connectivity index (χ1n) is 7.24. The van der Waals surface area contributed by atoms with Crippen molar-refractivity contribution in [3.8, 4) is 5.88 Å². The highest BCUT2D eigenvalue weighted by molar-refractivity contribution is 5.50. The lowest BCUT2D eigenvalue weighted by Crippen LogP contribution is -2.37. The number of aromatic nitrogens is 2. The summed E-state index contributed by atoms with van der Waals surface area (Å²) in [6, 6.07) is 19.3. The van der Waals surface area contributed by atoms with Crippen LogP contribution in [-0.4, -0.2) is 17.1 Å². The minimum atomic E-state index is -0.253.